The van der Waals surface area contributed by atoms with Crippen LogP contribution in [-0.2, 0) is 6.42 Å². The van der Waals surface area contributed by atoms with E-state index in [1.54, 1.807) is 6.07 Å². The Morgan fingerprint density at radius 3 is 2.61 bits per heavy atom. The molecular weight excluding hydrogens is 439 g/mol. The van der Waals surface area contributed by atoms with Crippen LogP contribution in [0.5, 0.6) is 0 Å². The van der Waals surface area contributed by atoms with Crippen molar-refractivity contribution in [2.45, 2.75) is 49.6 Å². The fourth-order valence-electron chi connectivity index (χ4n) is 2.98. The van der Waals surface area contributed by atoms with Crippen molar-refractivity contribution in [1.29, 1.82) is 0 Å². The van der Waals surface area contributed by atoms with Crippen molar-refractivity contribution < 1.29 is 9.50 Å². The molecule has 28 heavy (non-hydrogen) atoms. The maximum atomic E-state index is 13.9. The van der Waals surface area contributed by atoms with E-state index in [0.717, 1.165) is 23.7 Å². The van der Waals surface area contributed by atoms with Gasteiger partial charge in [0.1, 0.15) is 5.82 Å². The largest absolute Gasteiger partial charge is 0.390 e. The average Bonchev–Trinajstić information content (AvgIpc) is 2.63. The van der Waals surface area contributed by atoms with Gasteiger partial charge in [-0.2, -0.15) is 0 Å². The number of aryl methyl sites for hydroxylation is 1. The standard InChI is InChI=1S/C22H30BrFN2OS/c1-22(2,13-7-10-17-8-5-4-6-9-17)25-15-19(27)16-26(3)28-21-12-11-18(23)14-20(21)24/h4-6,8-9,11-12,14,19,25,27H,7,10,13,15-16H2,1-3H3/t19-/m1/s1. The van der Waals surface area contributed by atoms with Crippen LogP contribution in [-0.4, -0.2) is 41.2 Å². The molecule has 0 radical (unpaired) electrons. The first kappa shape index (κ1) is 23.4. The summed E-state index contributed by atoms with van der Waals surface area (Å²) in [6.45, 7) is 5.29. The Kier molecular flexibility index (Phi) is 9.44. The molecule has 0 spiro atoms. The number of hydrogen-bond donors (Lipinski definition) is 2. The minimum absolute atomic E-state index is 0.0424. The molecule has 0 aliphatic rings. The molecule has 2 aromatic rings. The molecule has 0 amide bonds. The SMILES string of the molecule is CN(C[C@H](O)CNC(C)(C)CCCc1ccccc1)Sc1ccc(Br)cc1F. The lowest BCUT2D eigenvalue weighted by atomic mass is 9.95. The third kappa shape index (κ3) is 8.62. The molecule has 1 atom stereocenters. The van der Waals surface area contributed by atoms with E-state index >= 15 is 0 Å². The van der Waals surface area contributed by atoms with Gasteiger partial charge in [-0.25, -0.2) is 8.70 Å². The number of likely N-dealkylation sites (N-methyl/N-ethyl adjacent to an activating group) is 1. The maximum Gasteiger partial charge on any atom is 0.139 e. The van der Waals surface area contributed by atoms with Crippen LogP contribution < -0.4 is 5.32 Å². The molecule has 0 saturated heterocycles. The van der Waals surface area contributed by atoms with Crippen molar-refractivity contribution in [2.24, 2.45) is 0 Å². The Hall–Kier alpha value is -0.920. The molecule has 0 aliphatic carbocycles. The zero-order valence-corrected chi connectivity index (χ0v) is 19.2. The van der Waals surface area contributed by atoms with Gasteiger partial charge >= 0.3 is 0 Å². The molecule has 0 aliphatic heterocycles. The minimum Gasteiger partial charge on any atom is -0.390 e. The molecule has 0 unspecified atom stereocenters. The molecule has 2 N–H and O–H groups in total. The summed E-state index contributed by atoms with van der Waals surface area (Å²) in [6, 6.07) is 15.5. The molecule has 6 heteroatoms. The average molecular weight is 469 g/mol. The Morgan fingerprint density at radius 1 is 1.21 bits per heavy atom. The van der Waals surface area contributed by atoms with Gasteiger partial charge in [-0.1, -0.05) is 46.3 Å². The number of hydrogen-bond acceptors (Lipinski definition) is 4. The quantitative estimate of drug-likeness (QED) is 0.439. The molecule has 0 aromatic heterocycles. The molecule has 154 valence electrons. The van der Waals surface area contributed by atoms with Crippen molar-refractivity contribution >= 4 is 27.9 Å². The van der Waals surface area contributed by atoms with Gasteiger partial charge in [0.25, 0.3) is 0 Å². The Morgan fingerprint density at radius 2 is 1.93 bits per heavy atom. The van der Waals surface area contributed by atoms with Gasteiger partial charge in [0.2, 0.25) is 0 Å². The molecule has 2 rings (SSSR count). The highest BCUT2D eigenvalue weighted by Gasteiger charge is 2.19. The predicted molar refractivity (Wildman–Crippen MR) is 120 cm³/mol. The lowest BCUT2D eigenvalue weighted by Crippen LogP contribution is -2.45. The second-order valence-corrected chi connectivity index (χ2v) is 9.90. The molecule has 3 nitrogen and oxygen atoms in total. The van der Waals surface area contributed by atoms with Gasteiger partial charge in [0, 0.05) is 23.1 Å². The van der Waals surface area contributed by atoms with Gasteiger partial charge in [0.15, 0.2) is 0 Å². The zero-order valence-electron chi connectivity index (χ0n) is 16.8. The lowest BCUT2D eigenvalue weighted by molar-refractivity contribution is 0.140. The number of nitrogens with one attached hydrogen (secondary N) is 1. The smallest absolute Gasteiger partial charge is 0.139 e. The fourth-order valence-corrected chi connectivity index (χ4v) is 4.17. The van der Waals surface area contributed by atoms with Crippen LogP contribution in [0.25, 0.3) is 0 Å². The topological polar surface area (TPSA) is 35.5 Å². The van der Waals surface area contributed by atoms with Crippen molar-refractivity contribution in [3.05, 3.63) is 64.4 Å². The number of halogens is 2. The van der Waals surface area contributed by atoms with Crippen LogP contribution >= 0.6 is 27.9 Å². The molecular formula is C22H30BrFN2OS. The van der Waals surface area contributed by atoms with Crippen LogP contribution in [0.3, 0.4) is 0 Å². The van der Waals surface area contributed by atoms with E-state index in [2.05, 4.69) is 59.4 Å². The molecule has 0 fully saturated rings. The van der Waals surface area contributed by atoms with Crippen molar-refractivity contribution in [1.82, 2.24) is 9.62 Å². The summed E-state index contributed by atoms with van der Waals surface area (Å²) in [4.78, 5) is 0.548. The van der Waals surface area contributed by atoms with E-state index in [-0.39, 0.29) is 11.4 Å². The van der Waals surface area contributed by atoms with Crippen LogP contribution in [0, 0.1) is 5.82 Å². The first-order chi connectivity index (χ1) is 13.2. The molecule has 0 heterocycles. The third-order valence-electron chi connectivity index (χ3n) is 4.54. The van der Waals surface area contributed by atoms with Crippen molar-refractivity contribution in [3.63, 3.8) is 0 Å². The number of β-amino-alcohol motifs (C(OH)–C–C–N with tert-alkyl or cyclic N) is 1. The summed E-state index contributed by atoms with van der Waals surface area (Å²) in [5.74, 6) is -0.265. The third-order valence-corrected chi connectivity index (χ3v) is 6.02. The second kappa shape index (κ2) is 11.3. The van der Waals surface area contributed by atoms with Gasteiger partial charge in [-0.3, -0.25) is 0 Å². The van der Waals surface area contributed by atoms with Gasteiger partial charge in [-0.15, -0.1) is 0 Å². The predicted octanol–water partition coefficient (Wildman–Crippen LogP) is 5.28. The maximum absolute atomic E-state index is 13.9. The van der Waals surface area contributed by atoms with E-state index in [4.69, 9.17) is 0 Å². The van der Waals surface area contributed by atoms with E-state index in [9.17, 15) is 9.50 Å². The number of rotatable bonds is 11. The summed E-state index contributed by atoms with van der Waals surface area (Å²) < 4.78 is 16.5. The summed E-state index contributed by atoms with van der Waals surface area (Å²) >= 11 is 4.56. The normalized spacial score (nSPS) is 13.1. The van der Waals surface area contributed by atoms with Crippen LogP contribution in [0.15, 0.2) is 57.9 Å². The number of aliphatic hydroxyl groups excluding tert-OH is 1. The second-order valence-electron chi connectivity index (χ2n) is 7.73. The first-order valence-corrected chi connectivity index (χ1v) is 11.1. The van der Waals surface area contributed by atoms with Crippen LogP contribution in [0.1, 0.15) is 32.3 Å². The Labute approximate surface area is 181 Å². The zero-order chi connectivity index (χ0) is 20.6. The van der Waals surface area contributed by atoms with Crippen LogP contribution in [0.4, 0.5) is 4.39 Å². The van der Waals surface area contributed by atoms with Crippen molar-refractivity contribution in [2.75, 3.05) is 20.1 Å². The highest BCUT2D eigenvalue weighted by Crippen LogP contribution is 2.26. The fraction of sp³-hybridized carbons (Fsp3) is 0.455. The molecule has 2 aromatic carbocycles. The summed E-state index contributed by atoms with van der Waals surface area (Å²) in [7, 11) is 1.86. The molecule has 0 saturated carbocycles. The van der Waals surface area contributed by atoms with Gasteiger partial charge < -0.3 is 10.4 Å². The summed E-state index contributed by atoms with van der Waals surface area (Å²) in [5.41, 5.74) is 1.32. The van der Waals surface area contributed by atoms with Crippen molar-refractivity contribution in [3.8, 4) is 0 Å². The first-order valence-electron chi connectivity index (χ1n) is 9.56. The summed E-state index contributed by atoms with van der Waals surface area (Å²) in [5, 5.41) is 13.8. The number of nitrogens with zero attached hydrogens (tertiary/aromatic N) is 1. The van der Waals surface area contributed by atoms with E-state index < -0.39 is 6.10 Å². The minimum atomic E-state index is -0.524. The van der Waals surface area contributed by atoms with E-state index in [1.807, 2.05) is 23.5 Å². The monoisotopic (exact) mass is 468 g/mol. The number of benzene rings is 2. The Balaban J connectivity index is 1.70. The van der Waals surface area contributed by atoms with Crippen LogP contribution in [0.2, 0.25) is 0 Å². The molecule has 0 bridgehead atoms. The highest BCUT2D eigenvalue weighted by molar-refractivity contribution is 9.10. The summed E-state index contributed by atoms with van der Waals surface area (Å²) in [6.07, 6.45) is 2.67. The van der Waals surface area contributed by atoms with Gasteiger partial charge in [-0.05, 0) is 75.9 Å². The van der Waals surface area contributed by atoms with E-state index in [1.165, 1.54) is 23.6 Å². The lowest BCUT2D eigenvalue weighted by Gasteiger charge is -2.29. The van der Waals surface area contributed by atoms with Gasteiger partial charge in [0.05, 0.1) is 11.0 Å². The highest BCUT2D eigenvalue weighted by atomic mass is 79.9. The Bertz CT molecular complexity index is 730. The number of aliphatic hydroxyl groups is 1. The van der Waals surface area contributed by atoms with E-state index in [0.29, 0.717) is 18.0 Å².